The summed E-state index contributed by atoms with van der Waals surface area (Å²) >= 11 is 0. The van der Waals surface area contributed by atoms with Gasteiger partial charge in [-0.1, -0.05) is 42.5 Å². The second kappa shape index (κ2) is 16.4. The van der Waals surface area contributed by atoms with Gasteiger partial charge in [-0.05, 0) is 41.0 Å². The van der Waals surface area contributed by atoms with E-state index < -0.39 is 6.04 Å². The normalized spacial score (nSPS) is 13.9. The highest BCUT2D eigenvalue weighted by molar-refractivity contribution is 5.95. The summed E-state index contributed by atoms with van der Waals surface area (Å²) in [7, 11) is 4.89. The van der Waals surface area contributed by atoms with Crippen LogP contribution >= 0.6 is 0 Å². The fourth-order valence-corrected chi connectivity index (χ4v) is 5.27. The molecule has 2 heterocycles. The summed E-state index contributed by atoms with van der Waals surface area (Å²) in [5.41, 5.74) is 3.65. The summed E-state index contributed by atoms with van der Waals surface area (Å²) < 4.78 is 10.4. The number of rotatable bonds is 13. The zero-order valence-electron chi connectivity index (χ0n) is 26.6. The summed E-state index contributed by atoms with van der Waals surface area (Å²) in [6.07, 6.45) is 5.18. The summed E-state index contributed by atoms with van der Waals surface area (Å²) in [5.74, 6) is 0.129. The predicted octanol–water partition coefficient (Wildman–Crippen LogP) is 3.52. The monoisotopic (exact) mass is 613 g/mol. The van der Waals surface area contributed by atoms with Crippen molar-refractivity contribution < 1.29 is 23.9 Å². The second-order valence-corrected chi connectivity index (χ2v) is 11.1. The number of amides is 3. The number of benzene rings is 2. The Morgan fingerprint density at radius 3 is 2.24 bits per heavy atom. The van der Waals surface area contributed by atoms with Gasteiger partial charge in [0.1, 0.15) is 6.04 Å². The molecule has 0 N–H and O–H groups in total. The van der Waals surface area contributed by atoms with Crippen molar-refractivity contribution in [1.29, 1.82) is 0 Å². The topological polar surface area (TPSA) is 95.5 Å². The van der Waals surface area contributed by atoms with Gasteiger partial charge in [0.25, 0.3) is 0 Å². The number of aromatic nitrogens is 1. The minimum atomic E-state index is -0.750. The van der Waals surface area contributed by atoms with Crippen LogP contribution in [0.15, 0.2) is 79.0 Å². The Morgan fingerprint density at radius 1 is 0.933 bits per heavy atom. The van der Waals surface area contributed by atoms with E-state index in [1.54, 1.807) is 56.3 Å². The Bertz CT molecular complexity index is 1420. The second-order valence-electron chi connectivity index (χ2n) is 11.1. The Kier molecular flexibility index (Phi) is 12.1. The molecule has 0 spiro atoms. The van der Waals surface area contributed by atoms with E-state index in [1.165, 1.54) is 6.08 Å². The number of ether oxygens (including phenoxy) is 2. The Balaban J connectivity index is 1.62. The Hall–Kier alpha value is -4.70. The smallest absolute Gasteiger partial charge is 0.247 e. The van der Waals surface area contributed by atoms with E-state index in [-0.39, 0.29) is 24.3 Å². The molecule has 1 atom stereocenters. The van der Waals surface area contributed by atoms with Crippen LogP contribution in [0.1, 0.15) is 23.6 Å². The lowest BCUT2D eigenvalue weighted by Gasteiger charge is -2.36. The minimum absolute atomic E-state index is 0.0968. The van der Waals surface area contributed by atoms with E-state index in [1.807, 2.05) is 65.6 Å². The lowest BCUT2D eigenvalue weighted by molar-refractivity contribution is -0.143. The molecule has 1 aromatic heterocycles. The van der Waals surface area contributed by atoms with Gasteiger partial charge in [-0.3, -0.25) is 14.4 Å². The molecular formula is C35H43N5O5. The fourth-order valence-electron chi connectivity index (χ4n) is 5.27. The maximum absolute atomic E-state index is 14.0. The van der Waals surface area contributed by atoms with Crippen LogP contribution in [0.3, 0.4) is 0 Å². The molecule has 4 rings (SSSR count). The molecule has 10 heteroatoms. The van der Waals surface area contributed by atoms with Crippen molar-refractivity contribution in [2.24, 2.45) is 0 Å². The first kappa shape index (κ1) is 33.2. The van der Waals surface area contributed by atoms with Gasteiger partial charge in [0, 0.05) is 90.8 Å². The molecule has 0 saturated carbocycles. The first-order chi connectivity index (χ1) is 21.8. The number of anilines is 1. The average molecular weight is 614 g/mol. The van der Waals surface area contributed by atoms with Crippen LogP contribution in [0.2, 0.25) is 0 Å². The number of methoxy groups -OCH3 is 2. The van der Waals surface area contributed by atoms with Crippen LogP contribution in [0.25, 0.3) is 6.08 Å². The summed E-state index contributed by atoms with van der Waals surface area (Å²) in [5, 5.41) is 0. The molecule has 2 aromatic carbocycles. The standard InChI is InChI=1S/C35H43N5O5/c1-27(41)38-18-20-39(21-19-38)31-14-10-30(11-15-31)26-40(34(42)17-13-29-12-16-33(45-4)36-25-29)32(24-28-8-6-5-7-9-28)35(43)37(2)22-23-44-3/h5-17,25,32H,18-24,26H2,1-4H3/t32-/m0/s1. The van der Waals surface area contributed by atoms with Gasteiger partial charge < -0.3 is 29.1 Å². The highest BCUT2D eigenvalue weighted by Crippen LogP contribution is 2.21. The maximum Gasteiger partial charge on any atom is 0.247 e. The van der Waals surface area contributed by atoms with Crippen LogP contribution in [0.5, 0.6) is 5.88 Å². The molecule has 1 aliphatic rings. The molecule has 1 fully saturated rings. The molecule has 0 bridgehead atoms. The first-order valence-electron chi connectivity index (χ1n) is 15.1. The van der Waals surface area contributed by atoms with Crippen LogP contribution in [-0.4, -0.2) is 104 Å². The van der Waals surface area contributed by atoms with Gasteiger partial charge in [0.05, 0.1) is 13.7 Å². The number of hydrogen-bond donors (Lipinski definition) is 0. The molecular weight excluding hydrogens is 570 g/mol. The molecule has 238 valence electrons. The molecule has 45 heavy (non-hydrogen) atoms. The van der Waals surface area contributed by atoms with Crippen molar-refractivity contribution in [3.8, 4) is 5.88 Å². The molecule has 3 amide bonds. The van der Waals surface area contributed by atoms with Crippen LogP contribution in [0, 0.1) is 0 Å². The van der Waals surface area contributed by atoms with Gasteiger partial charge in [0.15, 0.2) is 0 Å². The number of carbonyl (C=O) groups is 3. The van der Waals surface area contributed by atoms with E-state index in [4.69, 9.17) is 9.47 Å². The third kappa shape index (κ3) is 9.39. The Morgan fingerprint density at radius 2 is 1.64 bits per heavy atom. The minimum Gasteiger partial charge on any atom is -0.481 e. The van der Waals surface area contributed by atoms with E-state index in [0.717, 1.165) is 35.5 Å². The lowest BCUT2D eigenvalue weighted by Crippen LogP contribution is -2.51. The number of hydrogen-bond acceptors (Lipinski definition) is 7. The van der Waals surface area contributed by atoms with Crippen molar-refractivity contribution in [3.63, 3.8) is 0 Å². The van der Waals surface area contributed by atoms with E-state index in [0.29, 0.717) is 38.5 Å². The van der Waals surface area contributed by atoms with Crippen molar-refractivity contribution in [2.45, 2.75) is 25.9 Å². The third-order valence-corrected chi connectivity index (χ3v) is 7.99. The van der Waals surface area contributed by atoms with Crippen molar-refractivity contribution in [1.82, 2.24) is 19.7 Å². The molecule has 1 saturated heterocycles. The largest absolute Gasteiger partial charge is 0.481 e. The van der Waals surface area contributed by atoms with Gasteiger partial charge in [0.2, 0.25) is 23.6 Å². The van der Waals surface area contributed by atoms with Crippen LogP contribution < -0.4 is 9.64 Å². The van der Waals surface area contributed by atoms with E-state index in [9.17, 15) is 14.4 Å². The SMILES string of the molecule is COCCN(C)C(=O)[C@H](Cc1ccccc1)N(Cc1ccc(N2CCN(C(C)=O)CC2)cc1)C(=O)C=Cc1ccc(OC)nc1. The van der Waals surface area contributed by atoms with Crippen molar-refractivity contribution in [2.75, 3.05) is 65.5 Å². The summed E-state index contributed by atoms with van der Waals surface area (Å²) in [6.45, 7) is 5.54. The van der Waals surface area contributed by atoms with Gasteiger partial charge >= 0.3 is 0 Å². The van der Waals surface area contributed by atoms with E-state index >= 15 is 0 Å². The van der Waals surface area contributed by atoms with Crippen LogP contribution in [0.4, 0.5) is 5.69 Å². The average Bonchev–Trinajstić information content (AvgIpc) is 3.08. The fraction of sp³-hybridized carbons (Fsp3) is 0.371. The van der Waals surface area contributed by atoms with Crippen LogP contribution in [-0.2, 0) is 32.1 Å². The zero-order valence-corrected chi connectivity index (χ0v) is 26.6. The molecule has 10 nitrogen and oxygen atoms in total. The number of pyridine rings is 1. The highest BCUT2D eigenvalue weighted by atomic mass is 16.5. The molecule has 0 unspecified atom stereocenters. The number of piperazine rings is 1. The van der Waals surface area contributed by atoms with Gasteiger partial charge in [-0.2, -0.15) is 0 Å². The summed E-state index contributed by atoms with van der Waals surface area (Å²) in [4.78, 5) is 51.3. The maximum atomic E-state index is 14.0. The zero-order chi connectivity index (χ0) is 32.2. The molecule has 1 aliphatic heterocycles. The molecule has 0 aliphatic carbocycles. The van der Waals surface area contributed by atoms with Crippen molar-refractivity contribution >= 4 is 29.5 Å². The number of likely N-dealkylation sites (N-methyl/N-ethyl adjacent to an activating group) is 1. The molecule has 3 aromatic rings. The predicted molar refractivity (Wildman–Crippen MR) is 175 cm³/mol. The lowest BCUT2D eigenvalue weighted by atomic mass is 10.0. The highest BCUT2D eigenvalue weighted by Gasteiger charge is 2.31. The van der Waals surface area contributed by atoms with Gasteiger partial charge in [-0.25, -0.2) is 4.98 Å². The van der Waals surface area contributed by atoms with E-state index in [2.05, 4.69) is 9.88 Å². The van der Waals surface area contributed by atoms with Crippen molar-refractivity contribution in [3.05, 3.63) is 95.7 Å². The number of nitrogens with zero attached hydrogens (tertiary/aromatic N) is 5. The number of carbonyl (C=O) groups excluding carboxylic acids is 3. The first-order valence-corrected chi connectivity index (χ1v) is 15.1. The van der Waals surface area contributed by atoms with Gasteiger partial charge in [-0.15, -0.1) is 0 Å². The Labute approximate surface area is 265 Å². The third-order valence-electron chi connectivity index (χ3n) is 7.99. The summed E-state index contributed by atoms with van der Waals surface area (Å²) in [6, 6.07) is 20.6. The quantitative estimate of drug-likeness (QED) is 0.272. The molecule has 0 radical (unpaired) electrons.